The number of carboxylic acid groups (broad SMARTS) is 1. The summed E-state index contributed by atoms with van der Waals surface area (Å²) in [5, 5.41) is 9.49. The van der Waals surface area contributed by atoms with Gasteiger partial charge in [0.1, 0.15) is 16.3 Å². The first-order valence-electron chi connectivity index (χ1n) is 23.0. The largest absolute Gasteiger partial charge is 0.481 e. The minimum atomic E-state index is -5.06. The van der Waals surface area contributed by atoms with Crippen molar-refractivity contribution in [2.24, 2.45) is 0 Å². The van der Waals surface area contributed by atoms with E-state index in [1.807, 2.05) is 42.4 Å². The highest BCUT2D eigenvalue weighted by molar-refractivity contribution is 7.87. The van der Waals surface area contributed by atoms with Crippen LogP contribution in [0.3, 0.4) is 0 Å². The fourth-order valence-electron chi connectivity index (χ4n) is 9.69. The van der Waals surface area contributed by atoms with Crippen molar-refractivity contribution in [1.82, 2.24) is 0 Å². The van der Waals surface area contributed by atoms with Gasteiger partial charge >= 0.3 is 5.97 Å². The molecule has 0 radical (unpaired) electrons. The number of benzene rings is 4. The van der Waals surface area contributed by atoms with Gasteiger partial charge in [0.25, 0.3) is 40.5 Å². The van der Waals surface area contributed by atoms with Crippen LogP contribution in [0.4, 0.5) is 11.4 Å². The number of unbranched alkanes of at least 4 members (excludes halogenated alkanes) is 2. The zero-order valence-corrected chi connectivity index (χ0v) is 44.2. The molecule has 21 nitrogen and oxygen atoms in total. The molecule has 4 aromatic rings. The minimum absolute atomic E-state index is 0.00830. The highest BCUT2D eigenvalue weighted by atomic mass is 32.2. The Morgan fingerprint density at radius 1 is 0.630 bits per heavy atom. The summed E-state index contributed by atoms with van der Waals surface area (Å²) in [7, 11) is -17.0. The number of allylic oxidation sites excluding steroid dienone is 4. The number of ether oxygens (including phenoxy) is 5. The molecule has 1 unspecified atom stereocenters. The van der Waals surface area contributed by atoms with Crippen LogP contribution in [0.5, 0.6) is 0 Å². The van der Waals surface area contributed by atoms with Gasteiger partial charge in [-0.25, -0.2) is 0 Å². The second kappa shape index (κ2) is 23.0. The van der Waals surface area contributed by atoms with E-state index in [0.717, 1.165) is 12.1 Å². The molecule has 25 heteroatoms. The molecule has 0 bridgehead atoms. The molecule has 6 rings (SSSR count). The number of hydrogen-bond acceptors (Lipinski definition) is 15. The van der Waals surface area contributed by atoms with Gasteiger partial charge in [0.15, 0.2) is 5.71 Å². The van der Waals surface area contributed by atoms with E-state index < -0.39 is 76.9 Å². The number of hydrogen-bond donors (Lipinski definition) is 5. The van der Waals surface area contributed by atoms with E-state index in [1.165, 1.54) is 19.2 Å². The minimum Gasteiger partial charge on any atom is -0.481 e. The molecule has 1 atom stereocenters. The first-order valence-corrected chi connectivity index (χ1v) is 28.8. The maximum atomic E-state index is 12.9. The van der Waals surface area contributed by atoms with Gasteiger partial charge in [0, 0.05) is 85.5 Å². The lowest BCUT2D eigenvalue weighted by atomic mass is 9.76. The molecular formula is C48H61N2O19S4+. The van der Waals surface area contributed by atoms with Gasteiger partial charge in [-0.2, -0.15) is 38.2 Å². The van der Waals surface area contributed by atoms with Crippen LogP contribution in [0.25, 0.3) is 21.5 Å². The van der Waals surface area contributed by atoms with Gasteiger partial charge in [-0.15, -0.1) is 0 Å². The molecule has 0 amide bonds. The summed E-state index contributed by atoms with van der Waals surface area (Å²) in [5.74, 6) is -0.950. The molecule has 73 heavy (non-hydrogen) atoms. The van der Waals surface area contributed by atoms with Crippen LogP contribution in [-0.4, -0.2) is 153 Å². The fourth-order valence-corrected chi connectivity index (χ4v) is 12.4. The normalized spacial score (nSPS) is 17.7. The molecule has 2 aliphatic heterocycles. The van der Waals surface area contributed by atoms with Crippen LogP contribution in [0.15, 0.2) is 92.0 Å². The molecule has 2 heterocycles. The number of anilines is 1. The number of carbonyl (C=O) groups is 1. The summed E-state index contributed by atoms with van der Waals surface area (Å²) in [5.41, 5.74) is 1.02. The van der Waals surface area contributed by atoms with Gasteiger partial charge < -0.3 is 33.7 Å². The Labute approximate surface area is 425 Å². The van der Waals surface area contributed by atoms with Crippen molar-refractivity contribution in [2.45, 2.75) is 83.3 Å². The zero-order chi connectivity index (χ0) is 53.7. The summed E-state index contributed by atoms with van der Waals surface area (Å²) in [4.78, 5) is 10.3. The quantitative estimate of drug-likeness (QED) is 0.0262. The van der Waals surface area contributed by atoms with E-state index in [2.05, 4.69) is 0 Å². The Kier molecular flexibility index (Phi) is 18.1. The average molecular weight is 1100 g/mol. The van der Waals surface area contributed by atoms with Gasteiger partial charge in [-0.3, -0.25) is 23.0 Å². The molecule has 0 aliphatic carbocycles. The second-order valence-corrected chi connectivity index (χ2v) is 23.8. The molecular weight excluding hydrogens is 1040 g/mol. The van der Waals surface area contributed by atoms with Crippen molar-refractivity contribution >= 4 is 85.1 Å². The first-order chi connectivity index (χ1) is 34.2. The van der Waals surface area contributed by atoms with Crippen molar-refractivity contribution in [2.75, 3.05) is 85.1 Å². The standard InChI is InChI=1S/C48H60N2O19S4/c1-47(2)42(49(18-8-6-7-12-44(51)52)38-15-13-34-36(45(38)47)28-32(70(53,54)55)30-40(34)72(59,60)61)10-9-11-43-48(3,17-20-67-24-25-69-27-26-68-23-22-66-5)46-37-29-33(71(56,57)58)31-41(73(62,63)64)35(37)14-16-39(46)50(43)19-21-65-4/h9-11,13-16,28-31H,6-8,12,17-27H2,1-5H3,(H4-,51,52,53,54,55,56,57,58,59,60,61,62,63,64)/p+1. The van der Waals surface area contributed by atoms with Gasteiger partial charge in [-0.1, -0.05) is 12.1 Å². The highest BCUT2D eigenvalue weighted by Crippen LogP contribution is 2.54. The van der Waals surface area contributed by atoms with Crippen molar-refractivity contribution in [3.8, 4) is 0 Å². The molecule has 5 N–H and O–H groups in total. The maximum Gasteiger partial charge on any atom is 0.303 e. The molecule has 400 valence electrons. The SMILES string of the molecule is COCCOCCOCCOCCC1(C)/C(=C\C=C\C2=[N+](CCCCCC(=O)O)c3ccc4c(S(=O)(=O)O)cc(S(=O)(=O)O)cc4c3C2(C)C)N(CCOC)c2ccc3c(S(=O)(=O)O)cc(S(=O)(=O)O)cc3c21. The van der Waals surface area contributed by atoms with E-state index in [9.17, 15) is 61.8 Å². The van der Waals surface area contributed by atoms with E-state index in [-0.39, 0.29) is 67.4 Å². The topological polar surface area (TPSA) is 307 Å². The zero-order valence-electron chi connectivity index (χ0n) is 40.9. The Hall–Kier alpha value is -4.74. The van der Waals surface area contributed by atoms with Crippen LogP contribution < -0.4 is 4.90 Å². The van der Waals surface area contributed by atoms with Crippen molar-refractivity contribution in [3.05, 3.63) is 83.6 Å². The number of methoxy groups -OCH3 is 2. The van der Waals surface area contributed by atoms with E-state index >= 15 is 0 Å². The van der Waals surface area contributed by atoms with Crippen LogP contribution in [0.2, 0.25) is 0 Å². The predicted molar refractivity (Wildman–Crippen MR) is 269 cm³/mol. The number of carboxylic acids is 1. The third-order valence-electron chi connectivity index (χ3n) is 13.0. The Balaban J connectivity index is 1.52. The summed E-state index contributed by atoms with van der Waals surface area (Å²) < 4.78 is 172. The first kappa shape index (κ1) is 57.5. The van der Waals surface area contributed by atoms with E-state index in [0.29, 0.717) is 98.3 Å². The van der Waals surface area contributed by atoms with Gasteiger partial charge in [0.05, 0.1) is 61.5 Å². The van der Waals surface area contributed by atoms with Crippen LogP contribution in [0.1, 0.15) is 64.0 Å². The van der Waals surface area contributed by atoms with Gasteiger partial charge in [-0.05, 0) is 98.8 Å². The molecule has 0 aromatic heterocycles. The molecule has 0 fully saturated rings. The Morgan fingerprint density at radius 2 is 1.15 bits per heavy atom. The molecule has 0 spiro atoms. The number of fused-ring (bicyclic) bond motifs is 6. The summed E-state index contributed by atoms with van der Waals surface area (Å²) in [6.45, 7) is 8.24. The van der Waals surface area contributed by atoms with E-state index in [1.54, 1.807) is 25.3 Å². The molecule has 0 saturated heterocycles. The summed E-state index contributed by atoms with van der Waals surface area (Å²) >= 11 is 0. The molecule has 2 aliphatic rings. The number of aliphatic carboxylic acids is 1. The predicted octanol–water partition coefficient (Wildman–Crippen LogP) is 5.95. The highest BCUT2D eigenvalue weighted by Gasteiger charge is 2.47. The van der Waals surface area contributed by atoms with Crippen LogP contribution in [0, 0.1) is 0 Å². The molecule has 0 saturated carbocycles. The Morgan fingerprint density at radius 3 is 1.67 bits per heavy atom. The average Bonchev–Trinajstić information content (AvgIpc) is 3.67. The third kappa shape index (κ3) is 12.9. The monoisotopic (exact) mass is 1100 g/mol. The lowest BCUT2D eigenvalue weighted by Gasteiger charge is -2.31. The fraction of sp³-hybridized carbons (Fsp3) is 0.458. The lowest BCUT2D eigenvalue weighted by Crippen LogP contribution is -2.32. The van der Waals surface area contributed by atoms with Crippen molar-refractivity contribution < 1.29 is 90.0 Å². The molecule has 4 aromatic carbocycles. The second-order valence-electron chi connectivity index (χ2n) is 18.2. The van der Waals surface area contributed by atoms with Gasteiger partial charge in [0.2, 0.25) is 5.69 Å². The summed E-state index contributed by atoms with van der Waals surface area (Å²) in [6.07, 6.45) is 6.92. The number of rotatable bonds is 27. The summed E-state index contributed by atoms with van der Waals surface area (Å²) in [6, 6.07) is 9.82. The van der Waals surface area contributed by atoms with Crippen molar-refractivity contribution in [1.29, 1.82) is 0 Å². The maximum absolute atomic E-state index is 12.9. The van der Waals surface area contributed by atoms with Crippen molar-refractivity contribution in [3.63, 3.8) is 0 Å². The van der Waals surface area contributed by atoms with Crippen LogP contribution >= 0.6 is 0 Å². The Bertz CT molecular complexity index is 3320. The number of nitrogens with zero attached hydrogens (tertiary/aromatic N) is 2. The third-order valence-corrected chi connectivity index (χ3v) is 16.5. The lowest BCUT2D eigenvalue weighted by molar-refractivity contribution is -0.438. The smallest absolute Gasteiger partial charge is 0.303 e. The van der Waals surface area contributed by atoms with Crippen LogP contribution in [-0.2, 0) is 79.8 Å². The van der Waals surface area contributed by atoms with E-state index in [4.69, 9.17) is 23.7 Å².